The first kappa shape index (κ1) is 27.1. The van der Waals surface area contributed by atoms with Crippen LogP contribution in [0, 0.1) is 6.92 Å². The minimum absolute atomic E-state index is 0.152. The smallest absolute Gasteiger partial charge is 0.414 e. The molecule has 0 fully saturated rings. The van der Waals surface area contributed by atoms with Crippen molar-refractivity contribution < 1.29 is 19.7 Å². The Hall–Kier alpha value is -2.18. The summed E-state index contributed by atoms with van der Waals surface area (Å²) < 4.78 is 4.92. The van der Waals surface area contributed by atoms with E-state index in [1.165, 1.54) is 12.0 Å². The van der Waals surface area contributed by atoms with Crippen molar-refractivity contribution in [1.82, 2.24) is 0 Å². The van der Waals surface area contributed by atoms with E-state index in [-0.39, 0.29) is 17.4 Å². The van der Waals surface area contributed by atoms with Crippen LogP contribution in [0.2, 0.25) is 0 Å². The lowest BCUT2D eigenvalue weighted by Gasteiger charge is -2.28. The van der Waals surface area contributed by atoms with E-state index in [1.54, 1.807) is 11.8 Å². The molecule has 0 aliphatic carbocycles. The molecule has 0 aliphatic heterocycles. The standard InChI is InChI=1S/C27H39NO4S/c1-18-9-11-20(12-10-18)28(25(31)32-8)15-21(29)17-33-16-19-13-22(26(2,3)4)24(30)23(14-19)27(5,6)7/h9-14,21,29-30H,15-17H2,1-8H3. The third kappa shape index (κ3) is 7.41. The van der Waals surface area contributed by atoms with Crippen molar-refractivity contribution >= 4 is 23.5 Å². The summed E-state index contributed by atoms with van der Waals surface area (Å²) in [4.78, 5) is 13.7. The molecular formula is C27H39NO4S. The number of thioether (sulfide) groups is 1. The number of methoxy groups -OCH3 is 1. The molecule has 1 amide bonds. The number of benzene rings is 2. The van der Waals surface area contributed by atoms with Crippen LogP contribution in [0.1, 0.15) is 63.8 Å². The first-order valence-corrected chi connectivity index (χ1v) is 12.4. The maximum Gasteiger partial charge on any atom is 0.414 e. The molecule has 0 saturated carbocycles. The van der Waals surface area contributed by atoms with Crippen LogP contribution in [0.3, 0.4) is 0 Å². The number of nitrogens with zero attached hydrogens (tertiary/aromatic N) is 1. The van der Waals surface area contributed by atoms with E-state index in [2.05, 4.69) is 53.7 Å². The van der Waals surface area contributed by atoms with Gasteiger partial charge in [-0.3, -0.25) is 4.90 Å². The van der Waals surface area contributed by atoms with Gasteiger partial charge in [0.15, 0.2) is 0 Å². The average molecular weight is 474 g/mol. The van der Waals surface area contributed by atoms with Gasteiger partial charge in [0.25, 0.3) is 0 Å². The largest absolute Gasteiger partial charge is 0.507 e. The van der Waals surface area contributed by atoms with Crippen molar-refractivity contribution in [2.75, 3.05) is 24.3 Å². The monoisotopic (exact) mass is 473 g/mol. The molecule has 1 unspecified atom stereocenters. The van der Waals surface area contributed by atoms with Crippen LogP contribution >= 0.6 is 11.8 Å². The molecule has 2 aromatic rings. The van der Waals surface area contributed by atoms with Crippen molar-refractivity contribution in [1.29, 1.82) is 0 Å². The molecule has 0 saturated heterocycles. The Kier molecular flexibility index (Phi) is 8.88. The number of ether oxygens (including phenoxy) is 1. The molecule has 33 heavy (non-hydrogen) atoms. The Balaban J connectivity index is 2.12. The van der Waals surface area contributed by atoms with Gasteiger partial charge in [0.1, 0.15) is 5.75 Å². The number of rotatable bonds is 7. The quantitative estimate of drug-likeness (QED) is 0.504. The summed E-state index contributed by atoms with van der Waals surface area (Å²) in [5.41, 5.74) is 4.41. The van der Waals surface area contributed by atoms with Crippen LogP contribution in [0.5, 0.6) is 5.75 Å². The molecule has 6 heteroatoms. The van der Waals surface area contributed by atoms with Crippen molar-refractivity contribution in [3.63, 3.8) is 0 Å². The number of amides is 1. The van der Waals surface area contributed by atoms with Crippen LogP contribution in [0.25, 0.3) is 0 Å². The molecule has 2 aromatic carbocycles. The highest BCUT2D eigenvalue weighted by Crippen LogP contribution is 2.40. The number of aliphatic hydroxyl groups excluding tert-OH is 1. The number of aromatic hydroxyl groups is 1. The zero-order chi connectivity index (χ0) is 25.0. The Morgan fingerprint density at radius 2 is 1.55 bits per heavy atom. The van der Waals surface area contributed by atoms with Gasteiger partial charge in [-0.05, 0) is 46.6 Å². The molecule has 0 aliphatic rings. The van der Waals surface area contributed by atoms with Gasteiger partial charge in [-0.1, -0.05) is 71.4 Å². The third-order valence-electron chi connectivity index (χ3n) is 5.50. The van der Waals surface area contributed by atoms with Gasteiger partial charge in [0.2, 0.25) is 0 Å². The molecule has 0 bridgehead atoms. The fourth-order valence-electron chi connectivity index (χ4n) is 3.62. The lowest BCUT2D eigenvalue weighted by atomic mass is 9.78. The van der Waals surface area contributed by atoms with Crippen molar-refractivity contribution in [2.45, 2.75) is 71.2 Å². The van der Waals surface area contributed by atoms with E-state index >= 15 is 0 Å². The Labute approximate surface area is 203 Å². The minimum Gasteiger partial charge on any atom is -0.507 e. The minimum atomic E-state index is -0.711. The molecule has 0 aromatic heterocycles. The molecular weight excluding hydrogens is 434 g/mol. The number of aliphatic hydroxyl groups is 1. The highest BCUT2D eigenvalue weighted by molar-refractivity contribution is 7.98. The van der Waals surface area contributed by atoms with E-state index in [4.69, 9.17) is 4.74 Å². The van der Waals surface area contributed by atoms with Gasteiger partial charge in [0.05, 0.1) is 19.8 Å². The summed E-state index contributed by atoms with van der Waals surface area (Å²) in [6, 6.07) is 11.7. The maximum absolute atomic E-state index is 12.3. The van der Waals surface area contributed by atoms with Gasteiger partial charge < -0.3 is 14.9 Å². The van der Waals surface area contributed by atoms with E-state index in [9.17, 15) is 15.0 Å². The summed E-state index contributed by atoms with van der Waals surface area (Å²) in [6.07, 6.45) is -1.21. The van der Waals surface area contributed by atoms with E-state index < -0.39 is 12.2 Å². The normalized spacial score (nSPS) is 13.0. The number of phenolic OH excluding ortho intramolecular Hbond substituents is 1. The molecule has 1 atom stereocenters. The predicted octanol–water partition coefficient (Wildman–Crippen LogP) is 6.16. The van der Waals surface area contributed by atoms with E-state index in [1.807, 2.05) is 31.2 Å². The number of phenols is 1. The van der Waals surface area contributed by atoms with Crippen molar-refractivity contribution in [3.8, 4) is 5.75 Å². The van der Waals surface area contributed by atoms with Crippen LogP contribution in [-0.2, 0) is 21.3 Å². The highest BCUT2D eigenvalue weighted by atomic mass is 32.2. The second kappa shape index (κ2) is 10.8. The topological polar surface area (TPSA) is 70.0 Å². The molecule has 2 rings (SSSR count). The highest BCUT2D eigenvalue weighted by Gasteiger charge is 2.26. The molecule has 0 radical (unpaired) electrons. The zero-order valence-corrected chi connectivity index (χ0v) is 22.0. The Bertz CT molecular complexity index is 907. The summed E-state index contributed by atoms with van der Waals surface area (Å²) >= 11 is 1.61. The van der Waals surface area contributed by atoms with Gasteiger partial charge in [-0.15, -0.1) is 0 Å². The summed E-state index contributed by atoms with van der Waals surface area (Å²) in [5.74, 6) is 1.54. The van der Waals surface area contributed by atoms with E-state index in [0.29, 0.717) is 22.9 Å². The number of carbonyl (C=O) groups is 1. The molecule has 0 spiro atoms. The Morgan fingerprint density at radius 3 is 2.00 bits per heavy atom. The second-order valence-electron chi connectivity index (χ2n) is 10.6. The fraction of sp³-hybridized carbons (Fsp3) is 0.519. The maximum atomic E-state index is 12.3. The number of hydrogen-bond donors (Lipinski definition) is 2. The van der Waals surface area contributed by atoms with E-state index in [0.717, 1.165) is 22.3 Å². The molecule has 5 nitrogen and oxygen atoms in total. The molecule has 2 N–H and O–H groups in total. The van der Waals surface area contributed by atoms with Gasteiger partial charge in [-0.2, -0.15) is 11.8 Å². The number of carbonyl (C=O) groups excluding carboxylic acids is 1. The SMILES string of the molecule is COC(=O)N(CC(O)CSCc1cc(C(C)(C)C)c(O)c(C(C)(C)C)c1)c1ccc(C)cc1. The number of hydrogen-bond acceptors (Lipinski definition) is 5. The van der Waals surface area contributed by atoms with Crippen LogP contribution in [0.4, 0.5) is 10.5 Å². The average Bonchev–Trinajstić information content (AvgIpc) is 2.71. The first-order valence-electron chi connectivity index (χ1n) is 11.3. The van der Waals surface area contributed by atoms with Crippen LogP contribution in [0.15, 0.2) is 36.4 Å². The Morgan fingerprint density at radius 1 is 1.03 bits per heavy atom. The summed E-state index contributed by atoms with van der Waals surface area (Å²) in [5, 5.41) is 21.6. The molecule has 0 heterocycles. The van der Waals surface area contributed by atoms with Gasteiger partial charge in [-0.25, -0.2) is 4.79 Å². The predicted molar refractivity (Wildman–Crippen MR) is 139 cm³/mol. The third-order valence-corrected chi connectivity index (χ3v) is 6.66. The van der Waals surface area contributed by atoms with Gasteiger partial charge in [0, 0.05) is 17.2 Å². The van der Waals surface area contributed by atoms with Crippen LogP contribution < -0.4 is 4.90 Å². The fourth-order valence-corrected chi connectivity index (χ4v) is 4.52. The summed E-state index contributed by atoms with van der Waals surface area (Å²) in [7, 11) is 1.34. The van der Waals surface area contributed by atoms with Crippen LogP contribution in [-0.4, -0.2) is 41.8 Å². The molecule has 182 valence electrons. The van der Waals surface area contributed by atoms with Crippen molar-refractivity contribution in [2.24, 2.45) is 0 Å². The first-order chi connectivity index (χ1) is 15.2. The number of anilines is 1. The summed E-state index contributed by atoms with van der Waals surface area (Å²) in [6.45, 7) is 14.7. The lowest BCUT2D eigenvalue weighted by molar-refractivity contribution is 0.166. The number of aryl methyl sites for hydroxylation is 1. The second-order valence-corrected chi connectivity index (χ2v) is 11.7. The lowest BCUT2D eigenvalue weighted by Crippen LogP contribution is -2.38. The van der Waals surface area contributed by atoms with Gasteiger partial charge >= 0.3 is 6.09 Å². The zero-order valence-electron chi connectivity index (χ0n) is 21.2. The van der Waals surface area contributed by atoms with Crippen molar-refractivity contribution in [3.05, 3.63) is 58.7 Å².